The molecule has 0 amide bonds. The van der Waals surface area contributed by atoms with Crippen LogP contribution >= 0.6 is 0 Å². The molecule has 0 saturated carbocycles. The molecule has 0 heterocycles. The molecule has 15 heavy (non-hydrogen) atoms. The Balaban J connectivity index is 3.43. The van der Waals surface area contributed by atoms with Gasteiger partial charge in [0.25, 0.3) is 0 Å². The molecule has 0 fully saturated rings. The van der Waals surface area contributed by atoms with Crippen molar-refractivity contribution in [3.63, 3.8) is 0 Å². The van der Waals surface area contributed by atoms with Gasteiger partial charge in [0.05, 0.1) is 11.4 Å². The molecule has 84 valence electrons. The van der Waals surface area contributed by atoms with Crippen molar-refractivity contribution in [2.45, 2.75) is 18.2 Å². The second kappa shape index (κ2) is 4.14. The van der Waals surface area contributed by atoms with Gasteiger partial charge in [-0.3, -0.25) is 0 Å². The summed E-state index contributed by atoms with van der Waals surface area (Å²) in [4.78, 5) is -0.732. The lowest BCUT2D eigenvalue weighted by molar-refractivity contribution is 0.486. The lowest BCUT2D eigenvalue weighted by Crippen LogP contribution is -2.12. The highest BCUT2D eigenvalue weighted by atomic mass is 32.2. The first kappa shape index (κ1) is 11.9. The molecule has 0 saturated heterocycles. The number of hydrogen-bond acceptors (Lipinski definition) is 3. The maximum atomic E-state index is 13.2. The first-order valence-electron chi connectivity index (χ1n) is 4.36. The average Bonchev–Trinajstić information content (AvgIpc) is 2.11. The van der Waals surface area contributed by atoms with Crippen LogP contribution in [0.3, 0.4) is 0 Å². The first-order valence-corrected chi connectivity index (χ1v) is 6.01. The van der Waals surface area contributed by atoms with Gasteiger partial charge < -0.3 is 5.73 Å². The zero-order chi connectivity index (χ0) is 11.6. The number of halogens is 2. The van der Waals surface area contributed by atoms with Crippen LogP contribution in [-0.4, -0.2) is 14.2 Å². The molecule has 0 aliphatic rings. The quantitative estimate of drug-likeness (QED) is 0.811. The molecule has 0 spiro atoms. The topological polar surface area (TPSA) is 60.2 Å². The fourth-order valence-electron chi connectivity index (χ4n) is 1.23. The van der Waals surface area contributed by atoms with Gasteiger partial charge in [0.2, 0.25) is 0 Å². The van der Waals surface area contributed by atoms with Crippen LogP contribution in [0.1, 0.15) is 13.3 Å². The fourth-order valence-corrected chi connectivity index (χ4v) is 2.77. The maximum Gasteiger partial charge on any atom is 0.183 e. The second-order valence-corrected chi connectivity index (χ2v) is 5.14. The van der Waals surface area contributed by atoms with Crippen molar-refractivity contribution < 1.29 is 17.2 Å². The summed E-state index contributed by atoms with van der Waals surface area (Å²) in [5.74, 6) is -2.86. The van der Waals surface area contributed by atoms with Crippen molar-refractivity contribution in [2.75, 3.05) is 11.5 Å². The Bertz CT molecular complexity index is 471. The Labute approximate surface area is 86.8 Å². The third kappa shape index (κ3) is 2.26. The highest BCUT2D eigenvalue weighted by Crippen LogP contribution is 2.25. The number of rotatable bonds is 3. The zero-order valence-corrected chi connectivity index (χ0v) is 8.94. The Morgan fingerprint density at radius 2 is 1.93 bits per heavy atom. The van der Waals surface area contributed by atoms with Crippen molar-refractivity contribution in [2.24, 2.45) is 0 Å². The van der Waals surface area contributed by atoms with Crippen molar-refractivity contribution in [3.05, 3.63) is 23.8 Å². The summed E-state index contributed by atoms with van der Waals surface area (Å²) in [5, 5.41) is 0. The molecule has 0 radical (unpaired) electrons. The van der Waals surface area contributed by atoms with Crippen molar-refractivity contribution in [3.8, 4) is 0 Å². The van der Waals surface area contributed by atoms with Gasteiger partial charge in [0.15, 0.2) is 21.5 Å². The standard InChI is InChI=1S/C9H11F2NO2S/c1-2-5-15(13,14)9-7(12)4-3-6(10)8(9)11/h3-4H,2,5,12H2,1H3. The van der Waals surface area contributed by atoms with E-state index in [0.717, 1.165) is 12.1 Å². The molecule has 6 heteroatoms. The second-order valence-electron chi connectivity index (χ2n) is 3.10. The normalized spacial score (nSPS) is 11.7. The van der Waals surface area contributed by atoms with Gasteiger partial charge in [-0.2, -0.15) is 0 Å². The number of nitrogens with two attached hydrogens (primary N) is 1. The molecular formula is C9H11F2NO2S. The van der Waals surface area contributed by atoms with Crippen LogP contribution in [0.5, 0.6) is 0 Å². The maximum absolute atomic E-state index is 13.2. The lowest BCUT2D eigenvalue weighted by Gasteiger charge is -2.07. The largest absolute Gasteiger partial charge is 0.398 e. The van der Waals surface area contributed by atoms with Crippen LogP contribution < -0.4 is 5.73 Å². The van der Waals surface area contributed by atoms with E-state index in [1.807, 2.05) is 0 Å². The molecule has 2 N–H and O–H groups in total. The van der Waals surface area contributed by atoms with Gasteiger partial charge >= 0.3 is 0 Å². The molecule has 1 aromatic rings. The van der Waals surface area contributed by atoms with E-state index in [2.05, 4.69) is 0 Å². The minimum atomic E-state index is -3.83. The monoisotopic (exact) mass is 235 g/mol. The third-order valence-electron chi connectivity index (χ3n) is 1.86. The molecule has 0 aliphatic heterocycles. The summed E-state index contributed by atoms with van der Waals surface area (Å²) in [7, 11) is -3.83. The Kier molecular flexibility index (Phi) is 3.28. The molecule has 0 unspecified atom stereocenters. The van der Waals surface area contributed by atoms with Crippen molar-refractivity contribution in [1.29, 1.82) is 0 Å². The third-order valence-corrected chi connectivity index (χ3v) is 3.85. The van der Waals surface area contributed by atoms with Crippen molar-refractivity contribution >= 4 is 15.5 Å². The van der Waals surface area contributed by atoms with Gasteiger partial charge in [-0.05, 0) is 18.6 Å². The minimum absolute atomic E-state index is 0.252. The van der Waals surface area contributed by atoms with Crippen LogP contribution in [0.25, 0.3) is 0 Å². The Hall–Kier alpha value is -1.17. The molecule has 0 atom stereocenters. The fraction of sp³-hybridized carbons (Fsp3) is 0.333. The predicted octanol–water partition coefficient (Wildman–Crippen LogP) is 1.73. The van der Waals surface area contributed by atoms with Gasteiger partial charge in [0.1, 0.15) is 4.90 Å². The van der Waals surface area contributed by atoms with Gasteiger partial charge in [-0.1, -0.05) is 6.92 Å². The molecule has 3 nitrogen and oxygen atoms in total. The number of sulfone groups is 1. The van der Waals surface area contributed by atoms with E-state index in [1.165, 1.54) is 0 Å². The van der Waals surface area contributed by atoms with Crippen LogP contribution in [0.4, 0.5) is 14.5 Å². The summed E-state index contributed by atoms with van der Waals surface area (Å²) >= 11 is 0. The zero-order valence-electron chi connectivity index (χ0n) is 8.13. The molecule has 0 aliphatic carbocycles. The summed E-state index contributed by atoms with van der Waals surface area (Å²) in [6.45, 7) is 1.63. The van der Waals surface area contributed by atoms with Gasteiger partial charge in [-0.15, -0.1) is 0 Å². The summed E-state index contributed by atoms with van der Waals surface area (Å²) in [6.07, 6.45) is 0.317. The van der Waals surface area contributed by atoms with E-state index in [-0.39, 0.29) is 11.4 Å². The van der Waals surface area contributed by atoms with E-state index in [4.69, 9.17) is 5.73 Å². The van der Waals surface area contributed by atoms with Crippen LogP contribution in [0.15, 0.2) is 17.0 Å². The highest BCUT2D eigenvalue weighted by molar-refractivity contribution is 7.91. The molecule has 0 aromatic heterocycles. The van der Waals surface area contributed by atoms with Crippen LogP contribution in [0, 0.1) is 11.6 Å². The summed E-state index contributed by atoms with van der Waals surface area (Å²) in [5.41, 5.74) is 5.06. The van der Waals surface area contributed by atoms with Gasteiger partial charge in [-0.25, -0.2) is 17.2 Å². The van der Waals surface area contributed by atoms with E-state index in [1.54, 1.807) is 6.92 Å². The smallest absolute Gasteiger partial charge is 0.183 e. The summed E-state index contributed by atoms with van der Waals surface area (Å²) < 4.78 is 49.2. The number of nitrogen functional groups attached to an aromatic ring is 1. The number of hydrogen-bond donors (Lipinski definition) is 1. The van der Waals surface area contributed by atoms with E-state index >= 15 is 0 Å². The predicted molar refractivity (Wildman–Crippen MR) is 53.1 cm³/mol. The van der Waals surface area contributed by atoms with E-state index in [9.17, 15) is 17.2 Å². The molecule has 1 aromatic carbocycles. The SMILES string of the molecule is CCCS(=O)(=O)c1c(N)ccc(F)c1F. The van der Waals surface area contributed by atoms with E-state index in [0.29, 0.717) is 6.42 Å². The highest BCUT2D eigenvalue weighted by Gasteiger charge is 2.23. The number of anilines is 1. The summed E-state index contributed by atoms with van der Waals surface area (Å²) in [6, 6.07) is 1.84. The minimum Gasteiger partial charge on any atom is -0.398 e. The number of benzene rings is 1. The molecule has 0 bridgehead atoms. The molecular weight excluding hydrogens is 224 g/mol. The van der Waals surface area contributed by atoms with Gasteiger partial charge in [0, 0.05) is 0 Å². The first-order chi connectivity index (χ1) is 6.90. The average molecular weight is 235 g/mol. The molecule has 1 rings (SSSR count). The lowest BCUT2D eigenvalue weighted by atomic mass is 10.3. The Morgan fingerprint density at radius 3 is 2.47 bits per heavy atom. The van der Waals surface area contributed by atoms with Crippen LogP contribution in [-0.2, 0) is 9.84 Å². The van der Waals surface area contributed by atoms with Crippen molar-refractivity contribution in [1.82, 2.24) is 0 Å². The van der Waals surface area contributed by atoms with E-state index < -0.39 is 26.4 Å². The Morgan fingerprint density at radius 1 is 1.33 bits per heavy atom. The van der Waals surface area contributed by atoms with Crippen LogP contribution in [0.2, 0.25) is 0 Å².